The molecule has 0 aromatic heterocycles. The summed E-state index contributed by atoms with van der Waals surface area (Å²) in [6.07, 6.45) is 6.26. The molecule has 2 rings (SSSR count). The Hall–Kier alpha value is -1.31. The van der Waals surface area contributed by atoms with Gasteiger partial charge in [-0.2, -0.15) is 0 Å². The molecule has 2 nitrogen and oxygen atoms in total. The molecule has 1 aliphatic rings. The Morgan fingerprint density at radius 1 is 1.32 bits per heavy atom. The van der Waals surface area contributed by atoms with Gasteiger partial charge in [0.25, 0.3) is 0 Å². The van der Waals surface area contributed by atoms with Crippen LogP contribution < -0.4 is 4.90 Å². The predicted octanol–water partition coefficient (Wildman–Crippen LogP) is 4.21. The predicted molar refractivity (Wildman–Crippen MR) is 81.0 cm³/mol. The van der Waals surface area contributed by atoms with Gasteiger partial charge in [0.15, 0.2) is 0 Å². The fourth-order valence-corrected chi connectivity index (χ4v) is 3.05. The van der Waals surface area contributed by atoms with E-state index in [9.17, 15) is 4.79 Å². The zero-order valence-corrected chi connectivity index (χ0v) is 12.4. The number of carbonyl (C=O) groups is 1. The zero-order valence-electron chi connectivity index (χ0n) is 12.4. The minimum Gasteiger partial charge on any atom is -0.368 e. The van der Waals surface area contributed by atoms with Crippen molar-refractivity contribution in [3.63, 3.8) is 0 Å². The van der Waals surface area contributed by atoms with Gasteiger partial charge in [0.1, 0.15) is 6.29 Å². The van der Waals surface area contributed by atoms with Crippen LogP contribution in [0.5, 0.6) is 0 Å². The van der Waals surface area contributed by atoms with Gasteiger partial charge >= 0.3 is 0 Å². The maximum atomic E-state index is 10.9. The van der Waals surface area contributed by atoms with Crippen LogP contribution in [0.3, 0.4) is 0 Å². The third-order valence-corrected chi connectivity index (χ3v) is 4.04. The van der Waals surface area contributed by atoms with E-state index in [4.69, 9.17) is 0 Å². The average Bonchev–Trinajstić information content (AvgIpc) is 2.89. The number of anilines is 1. The highest BCUT2D eigenvalue weighted by molar-refractivity contribution is 5.78. The van der Waals surface area contributed by atoms with E-state index in [1.54, 1.807) is 0 Å². The van der Waals surface area contributed by atoms with Crippen LogP contribution in [0.1, 0.15) is 55.5 Å². The third kappa shape index (κ3) is 3.37. The van der Waals surface area contributed by atoms with E-state index in [0.29, 0.717) is 12.0 Å². The van der Waals surface area contributed by atoms with Gasteiger partial charge in [-0.3, -0.25) is 4.79 Å². The number of hydrogen-bond donors (Lipinski definition) is 0. The van der Waals surface area contributed by atoms with Crippen molar-refractivity contribution < 1.29 is 4.79 Å². The van der Waals surface area contributed by atoms with E-state index in [1.165, 1.54) is 31.4 Å². The smallest absolute Gasteiger partial charge is 0.150 e. The molecule has 104 valence electrons. The number of carbonyl (C=O) groups excluding carboxylic acids is 1. The fraction of sp³-hybridized carbons (Fsp3) is 0.588. The van der Waals surface area contributed by atoms with Crippen molar-refractivity contribution in [2.45, 2.75) is 52.5 Å². The Labute approximate surface area is 116 Å². The lowest BCUT2D eigenvalue weighted by atomic mass is 10.1. The van der Waals surface area contributed by atoms with Gasteiger partial charge < -0.3 is 4.90 Å². The standard InChI is InChI=1S/C17H25NO/c1-13(2)11-18(16-6-4-5-7-16)17-9-8-15(12-19)14(3)10-17/h8-10,12-13,16H,4-7,11H2,1-3H3. The number of rotatable bonds is 5. The van der Waals surface area contributed by atoms with Crippen LogP contribution in [0.25, 0.3) is 0 Å². The topological polar surface area (TPSA) is 20.3 Å². The quantitative estimate of drug-likeness (QED) is 0.738. The van der Waals surface area contributed by atoms with Gasteiger partial charge in [-0.05, 0) is 49.4 Å². The van der Waals surface area contributed by atoms with Crippen LogP contribution in [0.2, 0.25) is 0 Å². The van der Waals surface area contributed by atoms with Gasteiger partial charge in [0.05, 0.1) is 0 Å². The van der Waals surface area contributed by atoms with Crippen molar-refractivity contribution >= 4 is 12.0 Å². The molecule has 1 fully saturated rings. The SMILES string of the molecule is Cc1cc(N(CC(C)C)C2CCCC2)ccc1C=O. The van der Waals surface area contributed by atoms with E-state index < -0.39 is 0 Å². The van der Waals surface area contributed by atoms with Crippen LogP contribution in [-0.2, 0) is 0 Å². The van der Waals surface area contributed by atoms with Crippen LogP contribution in [-0.4, -0.2) is 18.9 Å². The Morgan fingerprint density at radius 3 is 2.53 bits per heavy atom. The summed E-state index contributed by atoms with van der Waals surface area (Å²) in [5.41, 5.74) is 3.17. The van der Waals surface area contributed by atoms with Crippen LogP contribution in [0.15, 0.2) is 18.2 Å². The van der Waals surface area contributed by atoms with Crippen molar-refractivity contribution in [1.29, 1.82) is 0 Å². The molecular formula is C17H25NO. The zero-order chi connectivity index (χ0) is 13.8. The van der Waals surface area contributed by atoms with Gasteiger partial charge in [-0.25, -0.2) is 0 Å². The summed E-state index contributed by atoms with van der Waals surface area (Å²) in [7, 11) is 0. The minimum absolute atomic E-state index is 0.659. The summed E-state index contributed by atoms with van der Waals surface area (Å²) in [6, 6.07) is 6.92. The molecule has 19 heavy (non-hydrogen) atoms. The van der Waals surface area contributed by atoms with Crippen LogP contribution in [0, 0.1) is 12.8 Å². The molecule has 2 heteroatoms. The van der Waals surface area contributed by atoms with Crippen molar-refractivity contribution in [3.8, 4) is 0 Å². The normalized spacial score (nSPS) is 16.0. The third-order valence-electron chi connectivity index (χ3n) is 4.04. The summed E-state index contributed by atoms with van der Waals surface area (Å²) < 4.78 is 0. The van der Waals surface area contributed by atoms with Gasteiger partial charge in [0, 0.05) is 23.8 Å². The van der Waals surface area contributed by atoms with Gasteiger partial charge in [-0.1, -0.05) is 26.7 Å². The molecule has 0 radical (unpaired) electrons. The molecule has 0 unspecified atom stereocenters. The van der Waals surface area contributed by atoms with Crippen molar-refractivity contribution in [2.75, 3.05) is 11.4 Å². The number of aldehydes is 1. The van der Waals surface area contributed by atoms with E-state index in [-0.39, 0.29) is 0 Å². The van der Waals surface area contributed by atoms with Gasteiger partial charge in [-0.15, -0.1) is 0 Å². The summed E-state index contributed by atoms with van der Waals surface area (Å²) >= 11 is 0. The second-order valence-corrected chi connectivity index (χ2v) is 6.14. The molecule has 0 bridgehead atoms. The summed E-state index contributed by atoms with van der Waals surface area (Å²) in [6.45, 7) is 7.67. The molecule has 1 aromatic carbocycles. The Bertz CT molecular complexity index is 433. The summed E-state index contributed by atoms with van der Waals surface area (Å²) in [4.78, 5) is 13.5. The molecule has 0 atom stereocenters. The van der Waals surface area contributed by atoms with Crippen molar-refractivity contribution in [1.82, 2.24) is 0 Å². The van der Waals surface area contributed by atoms with Crippen LogP contribution in [0.4, 0.5) is 5.69 Å². The first-order valence-corrected chi connectivity index (χ1v) is 7.44. The molecule has 0 aliphatic heterocycles. The lowest BCUT2D eigenvalue weighted by Gasteiger charge is -2.33. The number of benzene rings is 1. The first-order valence-electron chi connectivity index (χ1n) is 7.44. The molecule has 0 spiro atoms. The van der Waals surface area contributed by atoms with E-state index in [1.807, 2.05) is 13.0 Å². The largest absolute Gasteiger partial charge is 0.368 e. The maximum Gasteiger partial charge on any atom is 0.150 e. The molecule has 1 aliphatic carbocycles. The summed E-state index contributed by atoms with van der Waals surface area (Å²) in [5, 5.41) is 0. The lowest BCUT2D eigenvalue weighted by molar-refractivity contribution is 0.112. The molecule has 0 amide bonds. The number of hydrogen-bond acceptors (Lipinski definition) is 2. The van der Waals surface area contributed by atoms with Crippen LogP contribution >= 0.6 is 0 Å². The van der Waals surface area contributed by atoms with Crippen molar-refractivity contribution in [3.05, 3.63) is 29.3 Å². The first-order chi connectivity index (χ1) is 9.11. The average molecular weight is 259 g/mol. The number of aryl methyl sites for hydroxylation is 1. The molecule has 0 heterocycles. The number of nitrogens with zero attached hydrogens (tertiary/aromatic N) is 1. The molecule has 0 N–H and O–H groups in total. The molecule has 1 aromatic rings. The Balaban J connectivity index is 2.26. The monoisotopic (exact) mass is 259 g/mol. The minimum atomic E-state index is 0.659. The highest BCUT2D eigenvalue weighted by Crippen LogP contribution is 2.30. The highest BCUT2D eigenvalue weighted by Gasteiger charge is 2.23. The van der Waals surface area contributed by atoms with E-state index >= 15 is 0 Å². The maximum absolute atomic E-state index is 10.9. The molecular weight excluding hydrogens is 234 g/mol. The fourth-order valence-electron chi connectivity index (χ4n) is 3.05. The van der Waals surface area contributed by atoms with Gasteiger partial charge in [0.2, 0.25) is 0 Å². The molecule has 1 saturated carbocycles. The Kier molecular flexibility index (Phi) is 4.62. The lowest BCUT2D eigenvalue weighted by Crippen LogP contribution is -2.36. The first kappa shape index (κ1) is 14.1. The Morgan fingerprint density at radius 2 is 2.00 bits per heavy atom. The second kappa shape index (κ2) is 6.23. The highest BCUT2D eigenvalue weighted by atomic mass is 16.1. The van der Waals surface area contributed by atoms with Crippen molar-refractivity contribution in [2.24, 2.45) is 5.92 Å². The van der Waals surface area contributed by atoms with E-state index in [2.05, 4.69) is 30.9 Å². The molecule has 0 saturated heterocycles. The second-order valence-electron chi connectivity index (χ2n) is 6.14. The van der Waals surface area contributed by atoms with E-state index in [0.717, 1.165) is 24.0 Å². The summed E-state index contributed by atoms with van der Waals surface area (Å²) in [5.74, 6) is 0.659.